The highest BCUT2D eigenvalue weighted by atomic mass is 16.2. The van der Waals surface area contributed by atoms with E-state index in [0.29, 0.717) is 18.7 Å². The second kappa shape index (κ2) is 6.28. The molecule has 1 amide bonds. The molecule has 4 heteroatoms. The molecule has 0 heterocycles. The molecule has 0 aliphatic heterocycles. The molecule has 2 rings (SSSR count). The summed E-state index contributed by atoms with van der Waals surface area (Å²) in [6, 6.07) is 9.56. The van der Waals surface area contributed by atoms with Gasteiger partial charge in [0, 0.05) is 19.1 Å². The molecule has 1 aromatic rings. The van der Waals surface area contributed by atoms with Crippen molar-refractivity contribution in [2.24, 2.45) is 11.1 Å². The van der Waals surface area contributed by atoms with Crippen molar-refractivity contribution in [3.8, 4) is 6.07 Å². The van der Waals surface area contributed by atoms with Gasteiger partial charge in [0.2, 0.25) is 5.91 Å². The summed E-state index contributed by atoms with van der Waals surface area (Å²) < 4.78 is 0. The van der Waals surface area contributed by atoms with Gasteiger partial charge in [0.05, 0.1) is 17.0 Å². The van der Waals surface area contributed by atoms with E-state index in [1.54, 1.807) is 6.07 Å². The number of nitrogens with two attached hydrogens (primary N) is 1. The van der Waals surface area contributed by atoms with Gasteiger partial charge in [-0.15, -0.1) is 0 Å². The van der Waals surface area contributed by atoms with Crippen molar-refractivity contribution in [1.82, 2.24) is 4.90 Å². The molecule has 0 saturated heterocycles. The Bertz CT molecular complexity index is 563. The number of carbonyl (C=O) groups is 1. The highest BCUT2D eigenvalue weighted by molar-refractivity contribution is 5.83. The van der Waals surface area contributed by atoms with Gasteiger partial charge in [-0.3, -0.25) is 4.79 Å². The molecule has 1 aromatic carbocycles. The van der Waals surface area contributed by atoms with Gasteiger partial charge in [-0.2, -0.15) is 5.26 Å². The number of rotatable bonds is 4. The van der Waals surface area contributed by atoms with Crippen LogP contribution in [0, 0.1) is 16.7 Å². The van der Waals surface area contributed by atoms with E-state index in [0.717, 1.165) is 24.8 Å². The van der Waals surface area contributed by atoms with Gasteiger partial charge in [0.25, 0.3) is 0 Å². The summed E-state index contributed by atoms with van der Waals surface area (Å²) in [7, 11) is 0. The van der Waals surface area contributed by atoms with Crippen molar-refractivity contribution < 1.29 is 4.79 Å². The lowest BCUT2D eigenvalue weighted by Gasteiger charge is -2.34. The summed E-state index contributed by atoms with van der Waals surface area (Å²) in [4.78, 5) is 14.7. The minimum atomic E-state index is -0.461. The van der Waals surface area contributed by atoms with Crippen LogP contribution in [-0.4, -0.2) is 23.4 Å². The molecule has 1 aliphatic carbocycles. The molecule has 21 heavy (non-hydrogen) atoms. The Morgan fingerprint density at radius 3 is 2.81 bits per heavy atom. The van der Waals surface area contributed by atoms with Crippen LogP contribution in [0.2, 0.25) is 0 Å². The Labute approximate surface area is 126 Å². The van der Waals surface area contributed by atoms with Gasteiger partial charge in [0.15, 0.2) is 0 Å². The van der Waals surface area contributed by atoms with Crippen LogP contribution in [0.5, 0.6) is 0 Å². The van der Waals surface area contributed by atoms with Crippen molar-refractivity contribution in [2.75, 3.05) is 6.54 Å². The average molecular weight is 285 g/mol. The maximum Gasteiger partial charge on any atom is 0.230 e. The Kier molecular flexibility index (Phi) is 4.64. The topological polar surface area (TPSA) is 70.1 Å². The maximum absolute atomic E-state index is 12.9. The first-order valence-corrected chi connectivity index (χ1v) is 7.56. The Hall–Kier alpha value is -1.86. The van der Waals surface area contributed by atoms with E-state index in [1.807, 2.05) is 36.9 Å². The zero-order valence-corrected chi connectivity index (χ0v) is 12.8. The van der Waals surface area contributed by atoms with Gasteiger partial charge in [-0.05, 0) is 38.3 Å². The fraction of sp³-hybridized carbons (Fsp3) is 0.529. The van der Waals surface area contributed by atoms with E-state index < -0.39 is 5.41 Å². The highest BCUT2D eigenvalue weighted by Crippen LogP contribution is 2.38. The van der Waals surface area contributed by atoms with Crippen molar-refractivity contribution in [3.05, 3.63) is 35.4 Å². The normalized spacial score (nSPS) is 24.6. The number of amides is 1. The van der Waals surface area contributed by atoms with E-state index in [1.165, 1.54) is 0 Å². The predicted octanol–water partition coefficient (Wildman–Crippen LogP) is 2.42. The summed E-state index contributed by atoms with van der Waals surface area (Å²) in [6.07, 6.45) is 2.77. The quantitative estimate of drug-likeness (QED) is 0.923. The number of nitrogens with zero attached hydrogens (tertiary/aromatic N) is 2. The number of benzene rings is 1. The Balaban J connectivity index is 2.21. The first kappa shape index (κ1) is 15.5. The first-order chi connectivity index (χ1) is 10.0. The van der Waals surface area contributed by atoms with Crippen LogP contribution in [0.1, 0.15) is 44.2 Å². The molecule has 0 bridgehead atoms. The lowest BCUT2D eigenvalue weighted by molar-refractivity contribution is -0.142. The SMILES string of the molecule is CCN(Cc1ccccc1C#N)C(=O)C1(C)CCCC1N. The second-order valence-corrected chi connectivity index (χ2v) is 6.00. The molecular weight excluding hydrogens is 262 g/mol. The molecule has 0 radical (unpaired) electrons. The zero-order valence-electron chi connectivity index (χ0n) is 12.8. The van der Waals surface area contributed by atoms with E-state index in [2.05, 4.69) is 6.07 Å². The number of hydrogen-bond donors (Lipinski definition) is 1. The predicted molar refractivity (Wildman–Crippen MR) is 82.2 cm³/mol. The molecule has 1 aliphatic rings. The van der Waals surface area contributed by atoms with Crippen LogP contribution in [0.15, 0.2) is 24.3 Å². The van der Waals surface area contributed by atoms with E-state index >= 15 is 0 Å². The van der Waals surface area contributed by atoms with Gasteiger partial charge >= 0.3 is 0 Å². The molecule has 0 aromatic heterocycles. The van der Waals surface area contributed by atoms with Gasteiger partial charge in [-0.1, -0.05) is 24.6 Å². The van der Waals surface area contributed by atoms with Crippen LogP contribution in [0.25, 0.3) is 0 Å². The third-order valence-electron chi connectivity index (χ3n) is 4.69. The smallest absolute Gasteiger partial charge is 0.230 e. The largest absolute Gasteiger partial charge is 0.338 e. The highest BCUT2D eigenvalue weighted by Gasteiger charge is 2.44. The van der Waals surface area contributed by atoms with Gasteiger partial charge in [0.1, 0.15) is 0 Å². The second-order valence-electron chi connectivity index (χ2n) is 6.00. The lowest BCUT2D eigenvalue weighted by atomic mass is 9.83. The minimum Gasteiger partial charge on any atom is -0.338 e. The molecule has 2 atom stereocenters. The Morgan fingerprint density at radius 1 is 1.52 bits per heavy atom. The zero-order chi connectivity index (χ0) is 15.5. The summed E-state index contributed by atoms with van der Waals surface area (Å²) >= 11 is 0. The third kappa shape index (κ3) is 2.93. The van der Waals surface area contributed by atoms with Crippen LogP contribution < -0.4 is 5.73 Å². The number of carbonyl (C=O) groups excluding carboxylic acids is 1. The third-order valence-corrected chi connectivity index (χ3v) is 4.69. The molecule has 1 fully saturated rings. The van der Waals surface area contributed by atoms with Crippen LogP contribution in [-0.2, 0) is 11.3 Å². The number of nitriles is 1. The van der Waals surface area contributed by atoms with Crippen LogP contribution in [0.4, 0.5) is 0 Å². The van der Waals surface area contributed by atoms with Gasteiger partial charge < -0.3 is 10.6 Å². The van der Waals surface area contributed by atoms with E-state index in [9.17, 15) is 10.1 Å². The van der Waals surface area contributed by atoms with Gasteiger partial charge in [-0.25, -0.2) is 0 Å². The summed E-state index contributed by atoms with van der Waals surface area (Å²) in [5.41, 5.74) is 7.22. The minimum absolute atomic E-state index is 0.0646. The average Bonchev–Trinajstić information content (AvgIpc) is 2.85. The molecule has 0 spiro atoms. The fourth-order valence-corrected chi connectivity index (χ4v) is 3.12. The molecular formula is C17H23N3O. The summed E-state index contributed by atoms with van der Waals surface area (Å²) in [5.74, 6) is 0.114. The molecule has 2 unspecified atom stereocenters. The monoisotopic (exact) mass is 285 g/mol. The van der Waals surface area contributed by atoms with Crippen LogP contribution >= 0.6 is 0 Å². The van der Waals surface area contributed by atoms with E-state index in [4.69, 9.17) is 5.73 Å². The first-order valence-electron chi connectivity index (χ1n) is 7.56. The molecule has 2 N–H and O–H groups in total. The standard InChI is InChI=1S/C17H23N3O/c1-3-20(12-14-8-5-4-7-13(14)11-18)16(21)17(2)10-6-9-15(17)19/h4-5,7-8,15H,3,6,9-10,12,19H2,1-2H3. The summed E-state index contributed by atoms with van der Waals surface area (Å²) in [6.45, 7) is 5.05. The van der Waals surface area contributed by atoms with Crippen molar-refractivity contribution in [2.45, 2.75) is 45.7 Å². The molecule has 1 saturated carbocycles. The molecule has 4 nitrogen and oxygen atoms in total. The van der Waals surface area contributed by atoms with Crippen LogP contribution in [0.3, 0.4) is 0 Å². The molecule has 112 valence electrons. The maximum atomic E-state index is 12.9. The van der Waals surface area contributed by atoms with Crippen molar-refractivity contribution >= 4 is 5.91 Å². The fourth-order valence-electron chi connectivity index (χ4n) is 3.12. The van der Waals surface area contributed by atoms with Crippen molar-refractivity contribution in [3.63, 3.8) is 0 Å². The lowest BCUT2D eigenvalue weighted by Crippen LogP contribution is -2.49. The van der Waals surface area contributed by atoms with E-state index in [-0.39, 0.29) is 11.9 Å². The Morgan fingerprint density at radius 2 is 2.24 bits per heavy atom. The number of hydrogen-bond acceptors (Lipinski definition) is 3. The van der Waals surface area contributed by atoms with Crippen molar-refractivity contribution in [1.29, 1.82) is 5.26 Å². The summed E-state index contributed by atoms with van der Waals surface area (Å²) in [5, 5.41) is 9.17.